The second-order valence-corrected chi connectivity index (χ2v) is 8.89. The number of alkyl halides is 3. The Morgan fingerprint density at radius 3 is 2.39 bits per heavy atom. The molecule has 1 atom stereocenters. The number of benzene rings is 3. The van der Waals surface area contributed by atoms with Gasteiger partial charge < -0.3 is 5.32 Å². The summed E-state index contributed by atoms with van der Waals surface area (Å²) in [7, 11) is 0. The Bertz CT molecular complexity index is 1440. The van der Waals surface area contributed by atoms with Gasteiger partial charge in [-0.2, -0.15) is 13.2 Å². The number of nitrogens with zero attached hydrogens (tertiary/aromatic N) is 2. The summed E-state index contributed by atoms with van der Waals surface area (Å²) in [4.78, 5) is 9.16. The number of rotatable bonds is 5. The Labute approximate surface area is 208 Å². The average Bonchev–Trinajstić information content (AvgIpc) is 3.11. The normalized spacial score (nSPS) is 16.3. The maximum atomic E-state index is 13.8. The molecule has 0 bridgehead atoms. The van der Waals surface area contributed by atoms with E-state index in [-0.39, 0.29) is 11.4 Å². The van der Waals surface area contributed by atoms with E-state index in [1.165, 1.54) is 12.1 Å². The topological polar surface area (TPSA) is 37.8 Å². The lowest BCUT2D eigenvalue weighted by molar-refractivity contribution is -0.137. The fourth-order valence-electron chi connectivity index (χ4n) is 4.62. The van der Waals surface area contributed by atoms with Gasteiger partial charge in [-0.25, -0.2) is 9.97 Å². The van der Waals surface area contributed by atoms with Crippen molar-refractivity contribution in [2.45, 2.75) is 32.4 Å². The molecule has 1 unspecified atom stereocenters. The van der Waals surface area contributed by atoms with E-state index in [1.807, 2.05) is 36.4 Å². The third-order valence-corrected chi connectivity index (χ3v) is 6.52. The van der Waals surface area contributed by atoms with E-state index in [1.54, 1.807) is 12.1 Å². The van der Waals surface area contributed by atoms with Crippen molar-refractivity contribution in [2.75, 3.05) is 5.32 Å². The summed E-state index contributed by atoms with van der Waals surface area (Å²) in [5, 5.41) is 4.23. The van der Waals surface area contributed by atoms with Crippen LogP contribution < -0.4 is 5.32 Å². The van der Waals surface area contributed by atoms with Crippen LogP contribution >= 0.6 is 0 Å². The summed E-state index contributed by atoms with van der Waals surface area (Å²) in [6.45, 7) is 2.19. The zero-order valence-corrected chi connectivity index (χ0v) is 19.9. The molecule has 1 N–H and O–H groups in total. The first-order valence-corrected chi connectivity index (χ1v) is 12.1. The van der Waals surface area contributed by atoms with Crippen molar-refractivity contribution < 1.29 is 13.2 Å². The van der Waals surface area contributed by atoms with Gasteiger partial charge in [0, 0.05) is 22.2 Å². The zero-order valence-electron chi connectivity index (χ0n) is 19.9. The summed E-state index contributed by atoms with van der Waals surface area (Å²) in [6, 6.07) is 23.0. The van der Waals surface area contributed by atoms with Gasteiger partial charge in [-0.05, 0) is 48.9 Å². The van der Waals surface area contributed by atoms with Crippen LogP contribution in [-0.2, 0) is 6.18 Å². The van der Waals surface area contributed by atoms with Gasteiger partial charge in [-0.1, -0.05) is 79.7 Å². The molecule has 5 rings (SSSR count). The van der Waals surface area contributed by atoms with Crippen molar-refractivity contribution in [3.63, 3.8) is 0 Å². The van der Waals surface area contributed by atoms with E-state index < -0.39 is 11.7 Å². The first-order valence-electron chi connectivity index (χ1n) is 12.1. The smallest absolute Gasteiger partial charge is 0.339 e. The number of fused-ring (bicyclic) bond motifs is 1. The lowest BCUT2D eigenvalue weighted by Crippen LogP contribution is -2.10. The molecular weight excluding hydrogens is 459 g/mol. The van der Waals surface area contributed by atoms with Crippen molar-refractivity contribution in [3.05, 3.63) is 108 Å². The van der Waals surface area contributed by atoms with E-state index >= 15 is 0 Å². The molecule has 182 valence electrons. The summed E-state index contributed by atoms with van der Waals surface area (Å²) < 4.78 is 41.4. The summed E-state index contributed by atoms with van der Waals surface area (Å²) >= 11 is 0. The Balaban J connectivity index is 1.65. The molecule has 4 aromatic rings. The van der Waals surface area contributed by atoms with Crippen LogP contribution in [0.5, 0.6) is 0 Å². The van der Waals surface area contributed by atoms with Crippen molar-refractivity contribution in [1.29, 1.82) is 0 Å². The fourth-order valence-corrected chi connectivity index (χ4v) is 4.62. The zero-order chi connectivity index (χ0) is 25.1. The van der Waals surface area contributed by atoms with Crippen molar-refractivity contribution in [3.8, 4) is 11.4 Å². The van der Waals surface area contributed by atoms with Gasteiger partial charge >= 0.3 is 6.18 Å². The molecule has 0 fully saturated rings. The number of para-hydroxylation sites is 1. The molecule has 1 aliphatic carbocycles. The molecule has 1 aromatic heterocycles. The molecule has 36 heavy (non-hydrogen) atoms. The summed E-state index contributed by atoms with van der Waals surface area (Å²) in [5.41, 5.74) is 2.83. The SMILES string of the molecule is CCC1C=C(c2ccccc2)C(Nc2nc(-c3ccccc3C(F)(F)F)nc3ccccc23)=CCC1. The molecule has 0 spiro atoms. The highest BCUT2D eigenvalue weighted by Crippen LogP contribution is 2.38. The quantitative estimate of drug-likeness (QED) is 0.308. The van der Waals surface area contributed by atoms with E-state index in [4.69, 9.17) is 0 Å². The molecule has 0 aliphatic heterocycles. The van der Waals surface area contributed by atoms with Gasteiger partial charge in [0.05, 0.1) is 11.1 Å². The van der Waals surface area contributed by atoms with Gasteiger partial charge in [0.2, 0.25) is 0 Å². The highest BCUT2D eigenvalue weighted by Gasteiger charge is 2.34. The molecular formula is C30H26F3N3. The fraction of sp³-hybridized carbons (Fsp3) is 0.200. The minimum Gasteiger partial charge on any atom is -0.339 e. The molecule has 0 radical (unpaired) electrons. The number of allylic oxidation sites excluding steroid dienone is 3. The molecule has 0 saturated heterocycles. The van der Waals surface area contributed by atoms with Gasteiger partial charge in [0.25, 0.3) is 0 Å². The second-order valence-electron chi connectivity index (χ2n) is 8.89. The third-order valence-electron chi connectivity index (χ3n) is 6.52. The average molecular weight is 486 g/mol. The standard InChI is InChI=1S/C30H26F3N3/c1-2-20-11-10-18-27(24(19-20)21-12-4-3-5-13-21)35-29-23-15-7-9-17-26(23)34-28(36-29)22-14-6-8-16-25(22)30(31,32)33/h3-9,12-20H,2,10-11H2,1H3,(H,34,35,36). The van der Waals surface area contributed by atoms with E-state index in [0.29, 0.717) is 17.3 Å². The van der Waals surface area contributed by atoms with Gasteiger partial charge in [-0.3, -0.25) is 0 Å². The van der Waals surface area contributed by atoms with Crippen molar-refractivity contribution in [1.82, 2.24) is 9.97 Å². The Hall–Kier alpha value is -3.93. The van der Waals surface area contributed by atoms with E-state index in [0.717, 1.165) is 47.5 Å². The van der Waals surface area contributed by atoms with E-state index in [2.05, 4.69) is 46.5 Å². The Morgan fingerprint density at radius 2 is 1.61 bits per heavy atom. The van der Waals surface area contributed by atoms with Crippen LogP contribution in [0.3, 0.4) is 0 Å². The lowest BCUT2D eigenvalue weighted by Gasteiger charge is -2.18. The molecule has 1 heterocycles. The van der Waals surface area contributed by atoms with E-state index in [9.17, 15) is 13.2 Å². The molecule has 6 heteroatoms. The molecule has 0 amide bonds. The number of hydrogen-bond acceptors (Lipinski definition) is 3. The maximum absolute atomic E-state index is 13.8. The van der Waals surface area contributed by atoms with Gasteiger partial charge in [0.1, 0.15) is 5.82 Å². The number of aromatic nitrogens is 2. The second kappa shape index (κ2) is 9.97. The summed E-state index contributed by atoms with van der Waals surface area (Å²) in [6.07, 6.45) is 2.90. The highest BCUT2D eigenvalue weighted by molar-refractivity contribution is 5.94. The molecule has 3 aromatic carbocycles. The molecule has 3 nitrogen and oxygen atoms in total. The number of halogens is 3. The first kappa shape index (κ1) is 23.8. The first-order chi connectivity index (χ1) is 17.4. The third kappa shape index (κ3) is 4.89. The minimum absolute atomic E-state index is 0.0371. The number of nitrogens with one attached hydrogen (secondary N) is 1. The molecule has 1 aliphatic rings. The predicted octanol–water partition coefficient (Wildman–Crippen LogP) is 8.52. The predicted molar refractivity (Wildman–Crippen MR) is 139 cm³/mol. The van der Waals surface area contributed by atoms with Crippen LogP contribution in [-0.4, -0.2) is 9.97 Å². The largest absolute Gasteiger partial charge is 0.417 e. The lowest BCUT2D eigenvalue weighted by atomic mass is 9.96. The monoisotopic (exact) mass is 485 g/mol. The van der Waals surface area contributed by atoms with Crippen LogP contribution in [0, 0.1) is 5.92 Å². The number of anilines is 1. The Morgan fingerprint density at radius 1 is 0.889 bits per heavy atom. The minimum atomic E-state index is -4.51. The van der Waals surface area contributed by atoms with Crippen molar-refractivity contribution in [2.24, 2.45) is 5.92 Å². The van der Waals surface area contributed by atoms with Crippen LogP contribution in [0.15, 0.2) is 96.7 Å². The van der Waals surface area contributed by atoms with Crippen LogP contribution in [0.25, 0.3) is 27.9 Å². The van der Waals surface area contributed by atoms with Crippen LogP contribution in [0.2, 0.25) is 0 Å². The van der Waals surface area contributed by atoms with Crippen LogP contribution in [0.1, 0.15) is 37.3 Å². The van der Waals surface area contributed by atoms with Gasteiger partial charge in [0.15, 0.2) is 5.82 Å². The van der Waals surface area contributed by atoms with Gasteiger partial charge in [-0.15, -0.1) is 0 Å². The summed E-state index contributed by atoms with van der Waals surface area (Å²) in [5.74, 6) is 0.956. The molecule has 0 saturated carbocycles. The van der Waals surface area contributed by atoms with Crippen LogP contribution in [0.4, 0.5) is 19.0 Å². The maximum Gasteiger partial charge on any atom is 0.417 e. The number of hydrogen-bond donors (Lipinski definition) is 1. The highest BCUT2D eigenvalue weighted by atomic mass is 19.4. The van der Waals surface area contributed by atoms with Crippen molar-refractivity contribution >= 4 is 22.3 Å². The Kier molecular flexibility index (Phi) is 6.59.